The van der Waals surface area contributed by atoms with Crippen LogP contribution in [0, 0.1) is 13.8 Å². The minimum absolute atomic E-state index is 0.0932. The van der Waals surface area contributed by atoms with E-state index in [-0.39, 0.29) is 10.8 Å². The maximum Gasteiger partial charge on any atom is 0.259 e. The molecule has 0 amide bonds. The fraction of sp³-hybridized carbons (Fsp3) is 0.250. The van der Waals surface area contributed by atoms with Crippen molar-refractivity contribution in [2.24, 2.45) is 0 Å². The van der Waals surface area contributed by atoms with Gasteiger partial charge in [0.1, 0.15) is 10.7 Å². The first-order valence-electron chi connectivity index (χ1n) is 9.10. The Labute approximate surface area is 176 Å². The highest BCUT2D eigenvalue weighted by molar-refractivity contribution is 7.99. The molecule has 9 heteroatoms. The molecule has 0 saturated carbocycles. The molecule has 7 nitrogen and oxygen atoms in total. The van der Waals surface area contributed by atoms with E-state index in [9.17, 15) is 4.79 Å². The summed E-state index contributed by atoms with van der Waals surface area (Å²) >= 11 is 3.06. The van der Waals surface area contributed by atoms with Crippen molar-refractivity contribution < 1.29 is 0 Å². The Hall–Kier alpha value is -2.78. The Morgan fingerprint density at radius 2 is 2.07 bits per heavy atom. The number of allylic oxidation sites excluding steroid dienone is 1. The Bertz CT molecular complexity index is 1240. The molecule has 4 heterocycles. The number of rotatable bonds is 6. The summed E-state index contributed by atoms with van der Waals surface area (Å²) in [5.41, 5.74) is 1.84. The lowest BCUT2D eigenvalue weighted by molar-refractivity contribution is 0.727. The molecule has 29 heavy (non-hydrogen) atoms. The first-order valence-corrected chi connectivity index (χ1v) is 10.8. The molecule has 0 fully saturated rings. The Morgan fingerprint density at radius 3 is 2.79 bits per heavy atom. The second-order valence-corrected chi connectivity index (χ2v) is 9.13. The Kier molecular flexibility index (Phi) is 5.33. The van der Waals surface area contributed by atoms with Crippen molar-refractivity contribution in [2.45, 2.75) is 37.7 Å². The SMILES string of the molecule is C=CCn1c(SC(C)c2nc3sc(C)c(C)c3c(=O)[nH]2)nnc1-c1ccncc1. The van der Waals surface area contributed by atoms with Crippen LogP contribution >= 0.6 is 23.1 Å². The van der Waals surface area contributed by atoms with E-state index in [1.165, 1.54) is 11.8 Å². The minimum atomic E-state index is -0.104. The number of H-pyrrole nitrogens is 1. The van der Waals surface area contributed by atoms with Gasteiger partial charge in [0.15, 0.2) is 11.0 Å². The third-order valence-corrected chi connectivity index (χ3v) is 6.88. The van der Waals surface area contributed by atoms with Crippen LogP contribution in [0.15, 0.2) is 47.1 Å². The third kappa shape index (κ3) is 3.63. The monoisotopic (exact) mass is 424 g/mol. The molecular weight excluding hydrogens is 404 g/mol. The molecule has 0 aliphatic heterocycles. The van der Waals surface area contributed by atoms with Crippen LogP contribution in [0.3, 0.4) is 0 Å². The fourth-order valence-corrected chi connectivity index (χ4v) is 5.01. The highest BCUT2D eigenvalue weighted by Crippen LogP contribution is 2.35. The molecule has 1 atom stereocenters. The molecule has 0 aromatic carbocycles. The van der Waals surface area contributed by atoms with Crippen molar-refractivity contribution >= 4 is 33.3 Å². The number of aryl methyl sites for hydroxylation is 2. The number of fused-ring (bicyclic) bond motifs is 1. The molecule has 4 aromatic rings. The van der Waals surface area contributed by atoms with E-state index < -0.39 is 0 Å². The van der Waals surface area contributed by atoms with E-state index in [1.807, 2.05) is 43.5 Å². The maximum atomic E-state index is 12.6. The van der Waals surface area contributed by atoms with Gasteiger partial charge < -0.3 is 4.98 Å². The largest absolute Gasteiger partial charge is 0.309 e. The molecule has 0 spiro atoms. The van der Waals surface area contributed by atoms with Gasteiger partial charge in [-0.15, -0.1) is 28.1 Å². The first kappa shape index (κ1) is 19.5. The number of hydrogen-bond donors (Lipinski definition) is 1. The smallest absolute Gasteiger partial charge is 0.259 e. The van der Waals surface area contributed by atoms with E-state index in [1.54, 1.807) is 23.7 Å². The average Bonchev–Trinajstić information content (AvgIpc) is 3.23. The van der Waals surface area contributed by atoms with Crippen LogP contribution in [0.4, 0.5) is 0 Å². The zero-order valence-corrected chi connectivity index (χ0v) is 18.0. The molecule has 0 aliphatic rings. The van der Waals surface area contributed by atoms with Crippen LogP contribution in [0.5, 0.6) is 0 Å². The van der Waals surface area contributed by atoms with E-state index >= 15 is 0 Å². The number of nitrogens with zero attached hydrogens (tertiary/aromatic N) is 5. The van der Waals surface area contributed by atoms with E-state index in [0.717, 1.165) is 31.8 Å². The second kappa shape index (κ2) is 7.92. The first-order chi connectivity index (χ1) is 14.0. The Morgan fingerprint density at radius 1 is 1.31 bits per heavy atom. The summed E-state index contributed by atoms with van der Waals surface area (Å²) in [6.07, 6.45) is 5.27. The average molecular weight is 425 g/mol. The van der Waals surface area contributed by atoms with Crippen molar-refractivity contribution in [3.05, 3.63) is 63.8 Å². The van der Waals surface area contributed by atoms with E-state index in [0.29, 0.717) is 17.8 Å². The van der Waals surface area contributed by atoms with Gasteiger partial charge in [0.25, 0.3) is 5.56 Å². The Balaban J connectivity index is 1.69. The number of thiophene rings is 1. The predicted octanol–water partition coefficient (Wildman–Crippen LogP) is 4.29. The number of thioether (sulfide) groups is 1. The lowest BCUT2D eigenvalue weighted by Crippen LogP contribution is -2.13. The van der Waals surface area contributed by atoms with Gasteiger partial charge in [0.2, 0.25) is 0 Å². The lowest BCUT2D eigenvalue weighted by Gasteiger charge is -2.12. The van der Waals surface area contributed by atoms with Crippen molar-refractivity contribution in [2.75, 3.05) is 0 Å². The van der Waals surface area contributed by atoms with Gasteiger partial charge in [-0.25, -0.2) is 4.98 Å². The molecule has 0 bridgehead atoms. The maximum absolute atomic E-state index is 12.6. The number of aromatic amines is 1. The van der Waals surface area contributed by atoms with Gasteiger partial charge in [-0.2, -0.15) is 0 Å². The summed E-state index contributed by atoms with van der Waals surface area (Å²) in [6.45, 7) is 10.4. The normalized spacial score (nSPS) is 12.4. The zero-order chi connectivity index (χ0) is 20.5. The number of pyridine rings is 1. The van der Waals surface area contributed by atoms with Crippen molar-refractivity contribution in [1.82, 2.24) is 29.7 Å². The van der Waals surface area contributed by atoms with Crippen LogP contribution in [-0.2, 0) is 6.54 Å². The van der Waals surface area contributed by atoms with E-state index in [4.69, 9.17) is 4.98 Å². The fourth-order valence-electron chi connectivity index (χ4n) is 3.06. The molecule has 0 saturated heterocycles. The molecule has 148 valence electrons. The highest BCUT2D eigenvalue weighted by Gasteiger charge is 2.20. The summed E-state index contributed by atoms with van der Waals surface area (Å²) in [5, 5.41) is 10.1. The van der Waals surface area contributed by atoms with Gasteiger partial charge in [-0.1, -0.05) is 17.8 Å². The number of aromatic nitrogens is 6. The quantitative estimate of drug-likeness (QED) is 0.367. The van der Waals surface area contributed by atoms with Crippen LogP contribution in [0.1, 0.15) is 28.4 Å². The summed E-state index contributed by atoms with van der Waals surface area (Å²) in [6, 6.07) is 3.80. The number of hydrogen-bond acceptors (Lipinski definition) is 7. The van der Waals surface area contributed by atoms with E-state index in [2.05, 4.69) is 26.7 Å². The van der Waals surface area contributed by atoms with Gasteiger partial charge in [0.05, 0.1) is 10.6 Å². The molecule has 0 aliphatic carbocycles. The van der Waals surface area contributed by atoms with Gasteiger partial charge in [-0.05, 0) is 38.5 Å². The second-order valence-electron chi connectivity index (χ2n) is 6.62. The number of nitrogens with one attached hydrogen (secondary N) is 1. The predicted molar refractivity (Wildman–Crippen MR) is 117 cm³/mol. The van der Waals surface area contributed by atoms with Gasteiger partial charge in [0, 0.05) is 29.4 Å². The zero-order valence-electron chi connectivity index (χ0n) is 16.3. The van der Waals surface area contributed by atoms with Crippen LogP contribution in [0.25, 0.3) is 21.6 Å². The molecule has 1 unspecified atom stereocenters. The topological polar surface area (TPSA) is 89.4 Å². The minimum Gasteiger partial charge on any atom is -0.309 e. The molecule has 4 rings (SSSR count). The van der Waals surface area contributed by atoms with Crippen molar-refractivity contribution in [3.8, 4) is 11.4 Å². The summed E-state index contributed by atoms with van der Waals surface area (Å²) in [5.74, 6) is 1.38. The van der Waals surface area contributed by atoms with Gasteiger partial charge in [-0.3, -0.25) is 14.3 Å². The molecular formula is C20H20N6OS2. The molecule has 1 N–H and O–H groups in total. The van der Waals surface area contributed by atoms with Crippen molar-refractivity contribution in [3.63, 3.8) is 0 Å². The lowest BCUT2D eigenvalue weighted by atomic mass is 10.2. The molecule has 0 radical (unpaired) electrons. The van der Waals surface area contributed by atoms with Crippen molar-refractivity contribution in [1.29, 1.82) is 0 Å². The van der Waals surface area contributed by atoms with Crippen LogP contribution < -0.4 is 5.56 Å². The summed E-state index contributed by atoms with van der Waals surface area (Å²) in [7, 11) is 0. The summed E-state index contributed by atoms with van der Waals surface area (Å²) < 4.78 is 2.00. The van der Waals surface area contributed by atoms with Crippen LogP contribution in [-0.4, -0.2) is 29.7 Å². The van der Waals surface area contributed by atoms with Gasteiger partial charge >= 0.3 is 0 Å². The molecule has 4 aromatic heterocycles. The highest BCUT2D eigenvalue weighted by atomic mass is 32.2. The standard InChI is InChI=1S/C20H20N6OS2/c1-5-10-26-17(14-6-8-21-9-7-14)24-25-20(26)29-13(4)16-22-18(27)15-11(2)12(3)28-19(15)23-16/h5-9,13H,1,10H2,2-4H3,(H,22,23,27). The van der Waals surface area contributed by atoms with Crippen LogP contribution in [0.2, 0.25) is 0 Å². The third-order valence-electron chi connectivity index (χ3n) is 4.69. The summed E-state index contributed by atoms with van der Waals surface area (Å²) in [4.78, 5) is 26.2.